The van der Waals surface area contributed by atoms with Gasteiger partial charge in [-0.15, -0.1) is 0 Å². The quantitative estimate of drug-likeness (QED) is 0.103. The van der Waals surface area contributed by atoms with E-state index in [1.165, 1.54) is 125 Å². The van der Waals surface area contributed by atoms with Crippen molar-refractivity contribution in [3.63, 3.8) is 0 Å². The Kier molecular flexibility index (Phi) is 20.8. The number of hydrogen-bond donors (Lipinski definition) is 0. The first-order valence-corrected chi connectivity index (χ1v) is 44.3. The van der Waals surface area contributed by atoms with Gasteiger partial charge in [0, 0.05) is 69.9 Å². The third-order valence-electron chi connectivity index (χ3n) is 25.1. The maximum Gasteiger partial charge on any atom is 0.164 e. The van der Waals surface area contributed by atoms with E-state index in [2.05, 4.69) is 359 Å². The van der Waals surface area contributed by atoms with Crippen molar-refractivity contribution in [2.24, 2.45) is 0 Å². The van der Waals surface area contributed by atoms with Crippen LogP contribution in [0, 0.1) is 0 Å². The van der Waals surface area contributed by atoms with Crippen LogP contribution in [-0.4, -0.2) is 49.8 Å². The molecule has 0 saturated heterocycles. The average Bonchev–Trinajstić information content (AvgIpc) is 0.746. The van der Waals surface area contributed by atoms with Gasteiger partial charge in [-0.1, -0.05) is 370 Å². The summed E-state index contributed by atoms with van der Waals surface area (Å²) in [6.45, 7) is 0. The molecule has 10 heteroatoms. The van der Waals surface area contributed by atoms with Crippen molar-refractivity contribution in [3.8, 4) is 146 Å². The van der Waals surface area contributed by atoms with E-state index in [-0.39, 0.29) is 0 Å². The van der Waals surface area contributed by atoms with E-state index >= 15 is 0 Å². The minimum atomic E-state index is 0.591. The monoisotopic (exact) mass is 1680 g/mol. The molecule has 0 aliphatic rings. The van der Waals surface area contributed by atoms with Crippen LogP contribution in [0.5, 0.6) is 0 Å². The van der Waals surface area contributed by atoms with Gasteiger partial charge in [-0.2, -0.15) is 0 Å². The molecule has 0 fully saturated rings. The summed E-state index contributed by atoms with van der Waals surface area (Å²) in [5, 5.41) is 23.0. The minimum absolute atomic E-state index is 0.591. The normalized spacial score (nSPS) is 11.3. The van der Waals surface area contributed by atoms with Gasteiger partial charge in [0.05, 0.1) is 5.69 Å². The van der Waals surface area contributed by atoms with Gasteiger partial charge in [-0.25, -0.2) is 39.9 Å². The summed E-state index contributed by atoms with van der Waals surface area (Å²) in [6.07, 6.45) is 10.5. The fourth-order valence-corrected chi connectivity index (χ4v) is 18.8. The summed E-state index contributed by atoms with van der Waals surface area (Å²) in [7, 11) is 0. The molecule has 0 spiro atoms. The topological polar surface area (TPSA) is 129 Å². The average molecular weight is 1680 g/mol. The van der Waals surface area contributed by atoms with Crippen LogP contribution in [0.25, 0.3) is 243 Å². The van der Waals surface area contributed by atoms with Crippen LogP contribution in [0.15, 0.2) is 474 Å². The van der Waals surface area contributed by atoms with E-state index in [9.17, 15) is 0 Å². The molecule has 0 bridgehead atoms. The van der Waals surface area contributed by atoms with Crippen LogP contribution in [0.3, 0.4) is 0 Å². The Hall–Kier alpha value is -17.9. The lowest BCUT2D eigenvalue weighted by Gasteiger charge is -2.14. The third-order valence-corrected chi connectivity index (χ3v) is 25.1. The molecule has 0 unspecified atom stereocenters. The SMILES string of the molecule is c1cc(-c2ccc3c4ccccc4c4ccccc4c3c2)cc(-c2ccccc2-c2nc(-c3ccncc3)nc(-c3ccncc3)n2)c1.c1ccc(-c2nccc(-c3ccccc3-c3cccc(-c4ccc5c6ccccc6c6ccccc6c5c4)c3)n2)cc1.c1ccc(-c2ncnc(-c3ccccc3-c3cccc(-c4ccc5c6ccccc6c6ccccc6c5c4)c3)n2)cc1. The minimum Gasteiger partial charge on any atom is -0.265 e. The van der Waals surface area contributed by atoms with Gasteiger partial charge < -0.3 is 0 Å². The molecule has 0 radical (unpaired) electrons. The van der Waals surface area contributed by atoms with Crippen LogP contribution in [-0.2, 0) is 0 Å². The van der Waals surface area contributed by atoms with Crippen molar-refractivity contribution in [1.29, 1.82) is 0 Å². The number of benzene rings is 20. The lowest BCUT2D eigenvalue weighted by atomic mass is 9.91. The fourth-order valence-electron chi connectivity index (χ4n) is 18.8. The van der Waals surface area contributed by atoms with Crippen LogP contribution < -0.4 is 0 Å². The number of aromatic nitrogens is 10. The Bertz CT molecular complexity index is 8240. The molecular formula is C122H78N10. The molecule has 25 rings (SSSR count). The number of pyridine rings is 2. The maximum absolute atomic E-state index is 4.99. The van der Waals surface area contributed by atoms with Crippen LogP contribution >= 0.6 is 0 Å². The number of hydrogen-bond acceptors (Lipinski definition) is 10. The van der Waals surface area contributed by atoms with E-state index in [0.717, 1.165) is 89.4 Å². The highest BCUT2D eigenvalue weighted by Crippen LogP contribution is 2.45. The highest BCUT2D eigenvalue weighted by atomic mass is 15.0. The van der Waals surface area contributed by atoms with Gasteiger partial charge in [0.1, 0.15) is 6.33 Å². The van der Waals surface area contributed by atoms with Crippen molar-refractivity contribution < 1.29 is 0 Å². The summed E-state index contributed by atoms with van der Waals surface area (Å²) in [6, 6.07) is 154. The molecule has 5 aromatic heterocycles. The van der Waals surface area contributed by atoms with Crippen LogP contribution in [0.1, 0.15) is 0 Å². The first-order chi connectivity index (χ1) is 65.5. The standard InChI is InChI=1S/C43H27N5.C40H26N2.C39H25N3/c1-6-15-39(43-47-41(28-18-22-44-23-19-28)46-42(48-43)29-20-24-45-25-21-29)33(10-1)32-9-7-8-30(26-32)31-16-17-38-36-13-3-2-11-34(36)35-12-4-5-14-37(35)40(38)27-31;1-2-11-27(12-3-1)40-41-24-23-39(42-40)37-20-9-4-15-31(37)30-14-10-13-28(25-30)29-21-22-36-34-18-6-5-16-32(34)33-17-7-8-19-35(33)38(36)26-29;1-2-11-26(12-3-1)38-40-25-41-39(42-38)36-20-9-4-15-30(36)29-14-10-13-27(23-29)28-21-22-35-33-18-6-5-16-31(33)32-17-7-8-19-34(32)37(35)24-28/h1-27H;1-26H;1-25H. The maximum atomic E-state index is 4.99. The molecule has 0 atom stereocenters. The van der Waals surface area contributed by atoms with E-state index in [0.29, 0.717) is 29.1 Å². The molecule has 616 valence electrons. The fraction of sp³-hybridized carbons (Fsp3) is 0. The molecular weight excluding hydrogens is 1610 g/mol. The Balaban J connectivity index is 0.000000113. The first kappa shape index (κ1) is 78.8. The van der Waals surface area contributed by atoms with E-state index in [1.54, 1.807) is 31.1 Å². The largest absolute Gasteiger partial charge is 0.265 e. The Labute approximate surface area is 762 Å². The third kappa shape index (κ3) is 15.2. The zero-order chi connectivity index (χ0) is 87.6. The summed E-state index contributed by atoms with van der Waals surface area (Å²) < 4.78 is 0. The highest BCUT2D eigenvalue weighted by Gasteiger charge is 2.21. The summed E-state index contributed by atoms with van der Waals surface area (Å²) in [5.41, 5.74) is 21.3. The molecule has 0 aliphatic heterocycles. The number of rotatable bonds is 13. The second-order valence-corrected chi connectivity index (χ2v) is 32.8. The van der Waals surface area contributed by atoms with Crippen molar-refractivity contribution in [1.82, 2.24) is 49.8 Å². The zero-order valence-corrected chi connectivity index (χ0v) is 71.5. The molecule has 0 amide bonds. The van der Waals surface area contributed by atoms with Gasteiger partial charge in [0.2, 0.25) is 0 Å². The van der Waals surface area contributed by atoms with Gasteiger partial charge in [-0.05, 0) is 230 Å². The molecule has 5 heterocycles. The van der Waals surface area contributed by atoms with Gasteiger partial charge in [-0.3, -0.25) is 9.97 Å². The van der Waals surface area contributed by atoms with Crippen molar-refractivity contribution in [2.75, 3.05) is 0 Å². The smallest absolute Gasteiger partial charge is 0.164 e. The summed E-state index contributed by atoms with van der Waals surface area (Å²) in [4.78, 5) is 46.5. The highest BCUT2D eigenvalue weighted by molar-refractivity contribution is 6.28. The van der Waals surface area contributed by atoms with Crippen LogP contribution in [0.4, 0.5) is 0 Å². The zero-order valence-electron chi connectivity index (χ0n) is 71.5. The second kappa shape index (κ2) is 34.8. The lowest BCUT2D eigenvalue weighted by Crippen LogP contribution is -2.01. The predicted molar refractivity (Wildman–Crippen MR) is 545 cm³/mol. The Morgan fingerprint density at radius 2 is 0.371 bits per heavy atom. The summed E-state index contributed by atoms with van der Waals surface area (Å²) in [5.74, 6) is 3.84. The molecule has 132 heavy (non-hydrogen) atoms. The summed E-state index contributed by atoms with van der Waals surface area (Å²) >= 11 is 0. The molecule has 10 nitrogen and oxygen atoms in total. The van der Waals surface area contributed by atoms with Gasteiger partial charge in [0.15, 0.2) is 34.9 Å². The van der Waals surface area contributed by atoms with Crippen molar-refractivity contribution in [3.05, 3.63) is 474 Å². The Morgan fingerprint density at radius 1 is 0.121 bits per heavy atom. The van der Waals surface area contributed by atoms with Gasteiger partial charge in [0.25, 0.3) is 0 Å². The molecule has 0 aliphatic carbocycles. The lowest BCUT2D eigenvalue weighted by molar-refractivity contribution is 1.07. The first-order valence-electron chi connectivity index (χ1n) is 44.3. The second-order valence-electron chi connectivity index (χ2n) is 32.8. The van der Waals surface area contributed by atoms with Gasteiger partial charge >= 0.3 is 0 Å². The van der Waals surface area contributed by atoms with E-state index < -0.39 is 0 Å². The number of nitrogens with zero attached hydrogens (tertiary/aromatic N) is 10. The van der Waals surface area contributed by atoms with Crippen molar-refractivity contribution >= 4 is 97.0 Å². The molecule has 0 N–H and O–H groups in total. The van der Waals surface area contributed by atoms with Crippen LogP contribution in [0.2, 0.25) is 0 Å². The van der Waals surface area contributed by atoms with E-state index in [4.69, 9.17) is 24.9 Å². The Morgan fingerprint density at radius 3 is 0.742 bits per heavy atom. The number of fused-ring (bicyclic) bond motifs is 18. The predicted octanol–water partition coefficient (Wildman–Crippen LogP) is 31.1. The molecule has 0 saturated carbocycles. The molecule has 25 aromatic rings. The molecule has 20 aromatic carbocycles. The van der Waals surface area contributed by atoms with Crippen molar-refractivity contribution in [2.45, 2.75) is 0 Å². The van der Waals surface area contributed by atoms with E-state index in [1.807, 2.05) is 109 Å².